The summed E-state index contributed by atoms with van der Waals surface area (Å²) in [6, 6.07) is 13.4. The molecule has 1 amide bonds. The first-order valence-corrected chi connectivity index (χ1v) is 8.93. The van der Waals surface area contributed by atoms with Crippen LogP contribution in [0.5, 0.6) is 0 Å². The Bertz CT molecular complexity index is 1090. The lowest BCUT2D eigenvalue weighted by Gasteiger charge is -2.14. The van der Waals surface area contributed by atoms with Crippen LogP contribution in [-0.2, 0) is 16.1 Å². The minimum Gasteiger partial charge on any atom is -0.468 e. The van der Waals surface area contributed by atoms with Crippen molar-refractivity contribution in [1.29, 1.82) is 0 Å². The van der Waals surface area contributed by atoms with Gasteiger partial charge in [0.15, 0.2) is 0 Å². The van der Waals surface area contributed by atoms with Gasteiger partial charge in [0.05, 0.1) is 12.6 Å². The third-order valence-corrected chi connectivity index (χ3v) is 4.49. The summed E-state index contributed by atoms with van der Waals surface area (Å²) >= 11 is 0. The lowest BCUT2D eigenvalue weighted by atomic mass is 10.1. The maximum atomic E-state index is 12.8. The number of carbonyl (C=O) groups excluding carboxylic acids is 2. The number of carbonyl (C=O) groups is 2. The molecule has 0 spiro atoms. The fourth-order valence-electron chi connectivity index (χ4n) is 3.31. The number of rotatable bonds is 5. The number of aryl methyl sites for hydroxylation is 2. The van der Waals surface area contributed by atoms with E-state index in [2.05, 4.69) is 28.3 Å². The second-order valence-corrected chi connectivity index (χ2v) is 6.77. The number of para-hydroxylation sites is 1. The van der Waals surface area contributed by atoms with Crippen molar-refractivity contribution < 1.29 is 14.3 Å². The van der Waals surface area contributed by atoms with Crippen molar-refractivity contribution in [3.05, 3.63) is 81.1 Å². The van der Waals surface area contributed by atoms with E-state index in [1.807, 2.05) is 30.5 Å². The summed E-state index contributed by atoms with van der Waals surface area (Å²) in [6.07, 6.45) is 1.55. The Morgan fingerprint density at radius 1 is 1.07 bits per heavy atom. The number of esters is 1. The molecule has 144 valence electrons. The number of benzene rings is 2. The Balaban J connectivity index is 2.06. The van der Waals surface area contributed by atoms with E-state index >= 15 is 0 Å². The maximum Gasteiger partial charge on any atom is 0.325 e. The van der Waals surface area contributed by atoms with E-state index in [-0.39, 0.29) is 17.5 Å². The van der Waals surface area contributed by atoms with Gasteiger partial charge in [-0.15, -0.1) is 0 Å². The van der Waals surface area contributed by atoms with Crippen LogP contribution in [0.3, 0.4) is 0 Å². The largest absolute Gasteiger partial charge is 0.468 e. The van der Waals surface area contributed by atoms with Gasteiger partial charge in [0.25, 0.3) is 5.91 Å². The topological polar surface area (TPSA) is 77.4 Å². The Hall–Kier alpha value is -3.41. The third kappa shape index (κ3) is 4.11. The summed E-state index contributed by atoms with van der Waals surface area (Å²) in [6.45, 7) is 4.29. The van der Waals surface area contributed by atoms with Crippen molar-refractivity contribution in [1.82, 2.24) is 9.88 Å². The summed E-state index contributed by atoms with van der Waals surface area (Å²) in [4.78, 5) is 36.6. The molecule has 0 saturated heterocycles. The summed E-state index contributed by atoms with van der Waals surface area (Å²) in [5.74, 6) is -1.18. The zero-order valence-electron chi connectivity index (χ0n) is 16.1. The van der Waals surface area contributed by atoms with E-state index in [1.54, 1.807) is 18.3 Å². The SMILES string of the molecule is COC(=O)CNC(=O)c1cn(Cc2cc(C)cc(C)c2)c2ccccc2c1=O. The summed E-state index contributed by atoms with van der Waals surface area (Å²) < 4.78 is 6.41. The molecular formula is C22H22N2O4. The molecule has 0 aliphatic carbocycles. The van der Waals surface area contributed by atoms with E-state index < -0.39 is 11.9 Å². The summed E-state index contributed by atoms with van der Waals surface area (Å²) in [7, 11) is 1.24. The first-order chi connectivity index (χ1) is 13.4. The monoisotopic (exact) mass is 378 g/mol. The molecule has 3 aromatic rings. The van der Waals surface area contributed by atoms with Crippen LogP contribution in [0.15, 0.2) is 53.5 Å². The lowest BCUT2D eigenvalue weighted by molar-refractivity contribution is -0.139. The van der Waals surface area contributed by atoms with Crippen molar-refractivity contribution in [2.45, 2.75) is 20.4 Å². The first kappa shape index (κ1) is 19.4. The second kappa shape index (κ2) is 8.08. The van der Waals surface area contributed by atoms with Crippen LogP contribution in [0.2, 0.25) is 0 Å². The van der Waals surface area contributed by atoms with Crippen LogP contribution in [0.4, 0.5) is 0 Å². The normalized spacial score (nSPS) is 10.7. The lowest BCUT2D eigenvalue weighted by Crippen LogP contribution is -2.34. The Morgan fingerprint density at radius 3 is 2.43 bits per heavy atom. The second-order valence-electron chi connectivity index (χ2n) is 6.77. The number of methoxy groups -OCH3 is 1. The molecule has 0 aliphatic rings. The number of nitrogens with zero attached hydrogens (tertiary/aromatic N) is 1. The van der Waals surface area contributed by atoms with Crippen LogP contribution in [0.25, 0.3) is 10.9 Å². The van der Waals surface area contributed by atoms with Crippen LogP contribution in [0.1, 0.15) is 27.0 Å². The highest BCUT2D eigenvalue weighted by Crippen LogP contribution is 2.16. The fraction of sp³-hybridized carbons (Fsp3) is 0.227. The van der Waals surface area contributed by atoms with Gasteiger partial charge in [-0.05, 0) is 31.5 Å². The van der Waals surface area contributed by atoms with Crippen LogP contribution in [0, 0.1) is 13.8 Å². The fourth-order valence-corrected chi connectivity index (χ4v) is 3.31. The molecule has 3 rings (SSSR count). The molecule has 0 atom stereocenters. The van der Waals surface area contributed by atoms with E-state index in [0.717, 1.165) is 22.2 Å². The molecular weight excluding hydrogens is 356 g/mol. The van der Waals surface area contributed by atoms with E-state index in [4.69, 9.17) is 0 Å². The third-order valence-electron chi connectivity index (χ3n) is 4.49. The number of fused-ring (bicyclic) bond motifs is 1. The van der Waals surface area contributed by atoms with Crippen molar-refractivity contribution in [3.63, 3.8) is 0 Å². The molecule has 0 fully saturated rings. The van der Waals surface area contributed by atoms with Gasteiger partial charge in [-0.1, -0.05) is 41.5 Å². The molecule has 6 nitrogen and oxygen atoms in total. The smallest absolute Gasteiger partial charge is 0.325 e. The average Bonchev–Trinajstić information content (AvgIpc) is 2.67. The van der Waals surface area contributed by atoms with E-state index in [1.165, 1.54) is 7.11 Å². The molecule has 0 aliphatic heterocycles. The molecule has 2 aromatic carbocycles. The molecule has 0 bridgehead atoms. The quantitative estimate of drug-likeness (QED) is 0.692. The van der Waals surface area contributed by atoms with Crippen molar-refractivity contribution >= 4 is 22.8 Å². The molecule has 1 N–H and O–H groups in total. The van der Waals surface area contributed by atoms with Gasteiger partial charge in [0.1, 0.15) is 12.1 Å². The molecule has 28 heavy (non-hydrogen) atoms. The average molecular weight is 378 g/mol. The Labute approximate surface area is 162 Å². The Morgan fingerprint density at radius 2 is 1.75 bits per heavy atom. The summed E-state index contributed by atoms with van der Waals surface area (Å²) in [5.41, 5.74) is 3.75. The highest BCUT2D eigenvalue weighted by molar-refractivity contribution is 5.98. The number of nitrogens with one attached hydrogen (secondary N) is 1. The number of amides is 1. The molecule has 0 unspecified atom stereocenters. The highest BCUT2D eigenvalue weighted by Gasteiger charge is 2.16. The summed E-state index contributed by atoms with van der Waals surface area (Å²) in [5, 5.41) is 2.89. The number of aromatic nitrogens is 1. The molecule has 0 radical (unpaired) electrons. The predicted molar refractivity (Wildman–Crippen MR) is 108 cm³/mol. The molecule has 1 heterocycles. The zero-order chi connectivity index (χ0) is 20.3. The van der Waals surface area contributed by atoms with Gasteiger partial charge in [-0.3, -0.25) is 14.4 Å². The highest BCUT2D eigenvalue weighted by atomic mass is 16.5. The minimum absolute atomic E-state index is 0.00743. The number of pyridine rings is 1. The predicted octanol–water partition coefficient (Wildman–Crippen LogP) is 2.57. The first-order valence-electron chi connectivity index (χ1n) is 8.93. The number of ether oxygens (including phenoxy) is 1. The van der Waals surface area contributed by atoms with Crippen molar-refractivity contribution in [3.8, 4) is 0 Å². The van der Waals surface area contributed by atoms with Gasteiger partial charge in [-0.2, -0.15) is 0 Å². The zero-order valence-corrected chi connectivity index (χ0v) is 16.1. The van der Waals surface area contributed by atoms with E-state index in [9.17, 15) is 14.4 Å². The van der Waals surface area contributed by atoms with Gasteiger partial charge < -0.3 is 14.6 Å². The number of hydrogen-bond donors (Lipinski definition) is 1. The van der Waals surface area contributed by atoms with Gasteiger partial charge >= 0.3 is 5.97 Å². The van der Waals surface area contributed by atoms with Crippen LogP contribution >= 0.6 is 0 Å². The van der Waals surface area contributed by atoms with Crippen LogP contribution in [-0.4, -0.2) is 30.1 Å². The van der Waals surface area contributed by atoms with Gasteiger partial charge in [-0.25, -0.2) is 0 Å². The van der Waals surface area contributed by atoms with Crippen LogP contribution < -0.4 is 10.7 Å². The Kier molecular flexibility index (Phi) is 5.59. The van der Waals surface area contributed by atoms with Crippen molar-refractivity contribution in [2.24, 2.45) is 0 Å². The molecule has 6 heteroatoms. The van der Waals surface area contributed by atoms with Crippen molar-refractivity contribution in [2.75, 3.05) is 13.7 Å². The standard InChI is InChI=1S/C22H22N2O4/c1-14-8-15(2)10-16(9-14)12-24-13-18(22(27)23-11-20(25)28-3)21(26)17-6-4-5-7-19(17)24/h4-10,13H,11-12H2,1-3H3,(H,23,27). The van der Waals surface area contributed by atoms with Gasteiger partial charge in [0.2, 0.25) is 5.43 Å². The van der Waals surface area contributed by atoms with E-state index in [0.29, 0.717) is 11.9 Å². The minimum atomic E-state index is -0.602. The van der Waals surface area contributed by atoms with Gasteiger partial charge in [0, 0.05) is 18.1 Å². The number of hydrogen-bond acceptors (Lipinski definition) is 4. The maximum absolute atomic E-state index is 12.8. The molecule has 1 aromatic heterocycles. The molecule has 0 saturated carbocycles.